The molecule has 0 radical (unpaired) electrons. The Morgan fingerprint density at radius 2 is 1.83 bits per heavy atom. The van der Waals surface area contributed by atoms with E-state index in [0.717, 1.165) is 12.8 Å². The van der Waals surface area contributed by atoms with Crippen molar-refractivity contribution in [3.8, 4) is 0 Å². The van der Waals surface area contributed by atoms with Crippen molar-refractivity contribution in [1.82, 2.24) is 0 Å². The first-order chi connectivity index (χ1) is 5.11. The van der Waals surface area contributed by atoms with Crippen LogP contribution in [-0.4, -0.2) is 6.10 Å². The third-order valence-corrected chi connectivity index (χ3v) is 2.96. The van der Waals surface area contributed by atoms with E-state index in [-0.39, 0.29) is 57.5 Å². The fourth-order valence-corrected chi connectivity index (χ4v) is 2.11. The van der Waals surface area contributed by atoms with Gasteiger partial charge in [-0.2, -0.15) is 0 Å². The zero-order valence-corrected chi connectivity index (χ0v) is 12.0. The molecule has 1 aliphatic carbocycles. The average Bonchev–Trinajstić information content (AvgIpc) is 1.85. The summed E-state index contributed by atoms with van der Waals surface area (Å²) in [6.45, 7) is 6.54. The average molecular weight is 194 g/mol. The van der Waals surface area contributed by atoms with Crippen LogP contribution in [0.25, 0.3) is 0 Å². The van der Waals surface area contributed by atoms with Gasteiger partial charge in [0.1, 0.15) is 0 Å². The van der Waals surface area contributed by atoms with Crippen LogP contribution in [0.2, 0.25) is 0 Å². The molecular formula is C10H19KO. The SMILES string of the molecule is CC(C)[C@@H]1CC[C@@H](C)C[C@H]1[O-].[K+]. The molecule has 0 unspecified atom stereocenters. The van der Waals surface area contributed by atoms with E-state index in [1.807, 2.05) is 0 Å². The first-order valence-corrected chi connectivity index (χ1v) is 4.77. The summed E-state index contributed by atoms with van der Waals surface area (Å²) in [5.41, 5.74) is 0. The Morgan fingerprint density at radius 1 is 1.25 bits per heavy atom. The van der Waals surface area contributed by atoms with E-state index < -0.39 is 0 Å². The maximum absolute atomic E-state index is 11.5. The monoisotopic (exact) mass is 194 g/mol. The molecule has 0 heterocycles. The van der Waals surface area contributed by atoms with Crippen molar-refractivity contribution in [2.45, 2.75) is 46.1 Å². The van der Waals surface area contributed by atoms with Crippen molar-refractivity contribution in [3.63, 3.8) is 0 Å². The Balaban J connectivity index is 0.00000121. The standard InChI is InChI=1S/C10H19O.K/c1-7(2)9-5-4-8(3)6-10(9)11;/h7-10H,4-6H2,1-3H3;/q-1;+1/t8-,9+,10-;/m1./s1. The molecule has 12 heavy (non-hydrogen) atoms. The molecule has 0 aromatic heterocycles. The summed E-state index contributed by atoms with van der Waals surface area (Å²) in [5.74, 6) is 1.71. The minimum atomic E-state index is -0.279. The molecule has 1 nitrogen and oxygen atoms in total. The van der Waals surface area contributed by atoms with Gasteiger partial charge in [-0.05, 0) is 11.8 Å². The molecule has 3 atom stereocenters. The van der Waals surface area contributed by atoms with Gasteiger partial charge in [-0.25, -0.2) is 0 Å². The third kappa shape index (κ3) is 3.77. The first kappa shape index (κ1) is 13.6. The molecule has 1 aliphatic rings. The van der Waals surface area contributed by atoms with Crippen LogP contribution in [-0.2, 0) is 0 Å². The summed E-state index contributed by atoms with van der Waals surface area (Å²) in [6.07, 6.45) is 3.05. The quantitative estimate of drug-likeness (QED) is 0.482. The fourth-order valence-electron chi connectivity index (χ4n) is 2.11. The second-order valence-corrected chi connectivity index (χ2v) is 4.36. The van der Waals surface area contributed by atoms with Crippen molar-refractivity contribution in [2.75, 3.05) is 0 Å². The van der Waals surface area contributed by atoms with Gasteiger partial charge in [0, 0.05) is 0 Å². The van der Waals surface area contributed by atoms with Crippen LogP contribution in [0.3, 0.4) is 0 Å². The normalized spacial score (nSPS) is 36.2. The maximum atomic E-state index is 11.5. The van der Waals surface area contributed by atoms with Gasteiger partial charge < -0.3 is 5.11 Å². The molecule has 0 saturated heterocycles. The second-order valence-electron chi connectivity index (χ2n) is 4.36. The summed E-state index contributed by atoms with van der Waals surface area (Å²) in [5, 5.41) is 11.5. The van der Waals surface area contributed by atoms with Gasteiger partial charge in [0.05, 0.1) is 0 Å². The summed E-state index contributed by atoms with van der Waals surface area (Å²) < 4.78 is 0. The summed E-state index contributed by atoms with van der Waals surface area (Å²) in [4.78, 5) is 0. The zero-order valence-electron chi connectivity index (χ0n) is 8.84. The molecule has 0 N–H and O–H groups in total. The number of hydrogen-bond donors (Lipinski definition) is 0. The van der Waals surface area contributed by atoms with Crippen LogP contribution in [0, 0.1) is 17.8 Å². The molecule has 0 spiro atoms. The van der Waals surface area contributed by atoms with Gasteiger partial charge in [0.25, 0.3) is 0 Å². The topological polar surface area (TPSA) is 23.1 Å². The zero-order chi connectivity index (χ0) is 8.43. The second kappa shape index (κ2) is 6.15. The largest absolute Gasteiger partial charge is 1.00 e. The minimum absolute atomic E-state index is 0. The van der Waals surface area contributed by atoms with Crippen LogP contribution in [0.5, 0.6) is 0 Å². The van der Waals surface area contributed by atoms with Gasteiger partial charge in [-0.3, -0.25) is 0 Å². The molecule has 1 fully saturated rings. The summed E-state index contributed by atoms with van der Waals surface area (Å²) in [6, 6.07) is 0. The van der Waals surface area contributed by atoms with Gasteiger partial charge >= 0.3 is 51.4 Å². The van der Waals surface area contributed by atoms with Gasteiger partial charge in [0.15, 0.2) is 0 Å². The van der Waals surface area contributed by atoms with Crippen LogP contribution >= 0.6 is 0 Å². The third-order valence-electron chi connectivity index (χ3n) is 2.96. The van der Waals surface area contributed by atoms with Crippen LogP contribution < -0.4 is 56.5 Å². The van der Waals surface area contributed by atoms with E-state index in [4.69, 9.17) is 0 Å². The molecule has 66 valence electrons. The number of hydrogen-bond acceptors (Lipinski definition) is 1. The van der Waals surface area contributed by atoms with Crippen LogP contribution in [0.1, 0.15) is 40.0 Å². The smallest absolute Gasteiger partial charge is 0.852 e. The molecule has 0 aliphatic heterocycles. The van der Waals surface area contributed by atoms with Crippen LogP contribution in [0.4, 0.5) is 0 Å². The summed E-state index contributed by atoms with van der Waals surface area (Å²) >= 11 is 0. The van der Waals surface area contributed by atoms with Gasteiger partial charge in [-0.15, -0.1) is 6.10 Å². The molecule has 0 aromatic carbocycles. The Labute approximate surface area is 119 Å². The molecule has 1 saturated carbocycles. The van der Waals surface area contributed by atoms with Crippen molar-refractivity contribution in [1.29, 1.82) is 0 Å². The molecule has 0 amide bonds. The van der Waals surface area contributed by atoms with Gasteiger partial charge in [0.2, 0.25) is 0 Å². The van der Waals surface area contributed by atoms with Crippen molar-refractivity contribution < 1.29 is 56.5 Å². The molecule has 1 rings (SSSR count). The maximum Gasteiger partial charge on any atom is 1.00 e. The molecule has 0 aromatic rings. The summed E-state index contributed by atoms with van der Waals surface area (Å²) in [7, 11) is 0. The van der Waals surface area contributed by atoms with Crippen molar-refractivity contribution in [3.05, 3.63) is 0 Å². The van der Waals surface area contributed by atoms with Crippen LogP contribution in [0.15, 0.2) is 0 Å². The minimum Gasteiger partial charge on any atom is -0.852 e. The number of rotatable bonds is 1. The van der Waals surface area contributed by atoms with Crippen molar-refractivity contribution in [2.24, 2.45) is 17.8 Å². The van der Waals surface area contributed by atoms with E-state index in [1.54, 1.807) is 0 Å². The Morgan fingerprint density at radius 3 is 2.25 bits per heavy atom. The van der Waals surface area contributed by atoms with E-state index in [1.165, 1.54) is 6.42 Å². The molecular weight excluding hydrogens is 175 g/mol. The molecule has 2 heteroatoms. The van der Waals surface area contributed by atoms with E-state index in [9.17, 15) is 5.11 Å². The van der Waals surface area contributed by atoms with E-state index >= 15 is 0 Å². The molecule has 0 bridgehead atoms. The Bertz CT molecular complexity index is 125. The van der Waals surface area contributed by atoms with Crippen molar-refractivity contribution >= 4 is 0 Å². The van der Waals surface area contributed by atoms with Gasteiger partial charge in [-0.1, -0.05) is 46.0 Å². The van der Waals surface area contributed by atoms with E-state index in [0.29, 0.717) is 17.8 Å². The predicted octanol–water partition coefficient (Wildman–Crippen LogP) is -1.19. The Hall–Kier alpha value is 1.60. The fraction of sp³-hybridized carbons (Fsp3) is 1.00. The Kier molecular flexibility index (Phi) is 6.97. The predicted molar refractivity (Wildman–Crippen MR) is 45.1 cm³/mol. The first-order valence-electron chi connectivity index (χ1n) is 4.77. The van der Waals surface area contributed by atoms with E-state index in [2.05, 4.69) is 20.8 Å².